The maximum atomic E-state index is 5.15. The van der Waals surface area contributed by atoms with E-state index in [1.54, 1.807) is 0 Å². The first-order valence-corrected chi connectivity index (χ1v) is 20.2. The van der Waals surface area contributed by atoms with Crippen LogP contribution in [-0.4, -0.2) is 61.7 Å². The highest BCUT2D eigenvalue weighted by atomic mass is 32.8. The molecule has 0 bridgehead atoms. The van der Waals surface area contributed by atoms with Crippen molar-refractivity contribution in [2.75, 3.05) is 61.7 Å². The summed E-state index contributed by atoms with van der Waals surface area (Å²) in [5.41, 5.74) is 0. The predicted molar refractivity (Wildman–Crippen MR) is 132 cm³/mol. The molecule has 3 aliphatic rings. The molecule has 2 atom stereocenters. The summed E-state index contributed by atoms with van der Waals surface area (Å²) in [5.74, 6) is 4.63. The topological polar surface area (TPSA) is 84.5 Å². The number of nitrogens with zero attached hydrogens (tertiary/aromatic N) is 1. The lowest BCUT2D eigenvalue weighted by molar-refractivity contribution is 0.840. The molecule has 0 aromatic heterocycles. The third kappa shape index (κ3) is 6.13. The summed E-state index contributed by atoms with van der Waals surface area (Å²) >= 11 is 7.88. The molecule has 2 unspecified atom stereocenters. The second kappa shape index (κ2) is 11.0. The van der Waals surface area contributed by atoms with Crippen LogP contribution in [-0.2, 0) is 0 Å². The van der Waals surface area contributed by atoms with Gasteiger partial charge in [0.05, 0.1) is 11.4 Å². The van der Waals surface area contributed by atoms with E-state index < -0.39 is 21.3 Å². The lowest BCUT2D eigenvalue weighted by Crippen LogP contribution is -2.54. The lowest BCUT2D eigenvalue weighted by atomic mass is 10.5. The number of hydrogen-bond donors (Lipinski definition) is 6. The summed E-state index contributed by atoms with van der Waals surface area (Å²) in [6, 6.07) is 0. The Morgan fingerprint density at radius 2 is 1.85 bits per heavy atom. The zero-order valence-corrected chi connectivity index (χ0v) is 21.4. The van der Waals surface area contributed by atoms with Crippen LogP contribution in [0.4, 0.5) is 0 Å². The highest BCUT2D eigenvalue weighted by Crippen LogP contribution is 2.81. The minimum Gasteiger partial charge on any atom is -0.260 e. The van der Waals surface area contributed by atoms with Crippen molar-refractivity contribution in [3.63, 3.8) is 0 Å². The average molecular weight is 496 g/mol. The van der Waals surface area contributed by atoms with Crippen LogP contribution in [0, 0.1) is 0 Å². The Kier molecular flexibility index (Phi) is 9.73. The van der Waals surface area contributed by atoms with Crippen LogP contribution in [0.5, 0.6) is 0 Å². The van der Waals surface area contributed by atoms with Gasteiger partial charge < -0.3 is 0 Å². The highest BCUT2D eigenvalue weighted by Gasteiger charge is 2.65. The zero-order valence-electron chi connectivity index (χ0n) is 15.5. The summed E-state index contributed by atoms with van der Waals surface area (Å²) in [7, 11) is -1.91. The van der Waals surface area contributed by atoms with Crippen LogP contribution in [0.25, 0.3) is 0 Å². The van der Waals surface area contributed by atoms with E-state index in [1.165, 1.54) is 24.3 Å². The van der Waals surface area contributed by atoms with Gasteiger partial charge in [0.2, 0.25) is 6.56 Å². The molecule has 0 aromatic carbocycles. The Labute approximate surface area is 176 Å². The molecule has 3 heterocycles. The number of nitrogens with one attached hydrogen (secondary N) is 6. The van der Waals surface area contributed by atoms with Crippen LogP contribution >= 0.6 is 67.6 Å². The Morgan fingerprint density at radius 3 is 2.42 bits per heavy atom. The fourth-order valence-corrected chi connectivity index (χ4v) is 26.9. The molecular formula is C12H32N7P3S4+2. The SMILES string of the molecule is CSCCN[P+]1(NCCSC)NP2(=NCCCS2)N[P+]2(NCCCS2)N1. The van der Waals surface area contributed by atoms with Crippen LogP contribution in [0.2, 0.25) is 0 Å². The van der Waals surface area contributed by atoms with Crippen molar-refractivity contribution in [2.24, 2.45) is 4.74 Å². The fraction of sp³-hybridized carbons (Fsp3) is 1.00. The molecule has 0 amide bonds. The third-order valence-electron chi connectivity index (χ3n) is 3.98. The molecular weight excluding hydrogens is 463 g/mol. The van der Waals surface area contributed by atoms with E-state index >= 15 is 0 Å². The maximum absolute atomic E-state index is 5.15. The Balaban J connectivity index is 1.86. The molecule has 152 valence electrons. The molecule has 2 spiro atoms. The van der Waals surface area contributed by atoms with Crippen molar-refractivity contribution in [3.05, 3.63) is 0 Å². The van der Waals surface area contributed by atoms with Gasteiger partial charge in [-0.25, -0.2) is 0 Å². The molecule has 26 heavy (non-hydrogen) atoms. The summed E-state index contributed by atoms with van der Waals surface area (Å²) < 4.78 is 5.15. The number of rotatable bonds is 8. The van der Waals surface area contributed by atoms with Gasteiger partial charge in [-0.1, -0.05) is 21.1 Å². The van der Waals surface area contributed by atoms with Crippen molar-refractivity contribution in [1.29, 1.82) is 0 Å². The van der Waals surface area contributed by atoms with Crippen molar-refractivity contribution in [1.82, 2.24) is 29.8 Å². The monoisotopic (exact) mass is 495 g/mol. The van der Waals surface area contributed by atoms with E-state index in [0.29, 0.717) is 0 Å². The van der Waals surface area contributed by atoms with E-state index in [2.05, 4.69) is 53.7 Å². The minimum atomic E-state index is -1.91. The Bertz CT molecular complexity index is 499. The van der Waals surface area contributed by atoms with Crippen LogP contribution < -0.4 is 29.8 Å². The van der Waals surface area contributed by atoms with Gasteiger partial charge in [0.15, 0.2) is 0 Å². The number of thioether (sulfide) groups is 2. The van der Waals surface area contributed by atoms with Crippen LogP contribution in [0.15, 0.2) is 4.74 Å². The minimum absolute atomic E-state index is 0.973. The molecule has 2 fully saturated rings. The molecule has 3 aliphatic heterocycles. The van der Waals surface area contributed by atoms with Crippen LogP contribution in [0.1, 0.15) is 12.8 Å². The molecule has 6 N–H and O–H groups in total. The molecule has 0 radical (unpaired) electrons. The molecule has 0 saturated carbocycles. The van der Waals surface area contributed by atoms with Gasteiger partial charge in [0, 0.05) is 54.0 Å². The first-order chi connectivity index (χ1) is 12.7. The van der Waals surface area contributed by atoms with Gasteiger partial charge in [-0.2, -0.15) is 23.5 Å². The Hall–Kier alpha value is 2.25. The highest BCUT2D eigenvalue weighted by molar-refractivity contribution is 8.67. The van der Waals surface area contributed by atoms with E-state index in [1.807, 2.05) is 34.9 Å². The van der Waals surface area contributed by atoms with Crippen molar-refractivity contribution in [2.45, 2.75) is 12.8 Å². The van der Waals surface area contributed by atoms with Gasteiger partial charge in [-0.15, -0.1) is 15.3 Å². The van der Waals surface area contributed by atoms with Gasteiger partial charge in [0.1, 0.15) is 0 Å². The van der Waals surface area contributed by atoms with Crippen LogP contribution in [0.3, 0.4) is 0 Å². The molecule has 14 heteroatoms. The largest absolute Gasteiger partial charge is 0.342 e. The maximum Gasteiger partial charge on any atom is 0.342 e. The zero-order chi connectivity index (χ0) is 18.3. The van der Waals surface area contributed by atoms with Gasteiger partial charge in [0.25, 0.3) is 0 Å². The molecule has 7 nitrogen and oxygen atoms in total. The Morgan fingerprint density at radius 1 is 1.08 bits per heavy atom. The van der Waals surface area contributed by atoms with Crippen molar-refractivity contribution >= 4 is 67.6 Å². The standard InChI is InChI=1S/C12H32N7P3S4/c1-23-11-7-13-20(14-8-12-24-2)17-21(15-5-3-9-25-21)19-22(18-20)16-6-4-10-26-22/h13-15,17-19H,3-12H2,1-2H3/q+2. The van der Waals surface area contributed by atoms with E-state index in [-0.39, 0.29) is 0 Å². The second-order valence-electron chi connectivity index (χ2n) is 6.10. The van der Waals surface area contributed by atoms with E-state index in [4.69, 9.17) is 4.74 Å². The molecule has 0 aromatic rings. The quantitative estimate of drug-likeness (QED) is 0.221. The molecule has 2 saturated heterocycles. The summed E-state index contributed by atoms with van der Waals surface area (Å²) in [6.45, 7) is 0.582. The predicted octanol–water partition coefficient (Wildman–Crippen LogP) is 3.84. The average Bonchev–Trinajstić information content (AvgIpc) is 2.63. The lowest BCUT2D eigenvalue weighted by Gasteiger charge is -2.43. The van der Waals surface area contributed by atoms with Crippen molar-refractivity contribution < 1.29 is 0 Å². The number of hydrogen-bond acceptors (Lipinski definition) is 11. The molecule has 0 aliphatic carbocycles. The normalized spacial score (nSPS) is 34.1. The summed E-state index contributed by atoms with van der Waals surface area (Å²) in [4.78, 5) is 12.0. The summed E-state index contributed by atoms with van der Waals surface area (Å²) in [5, 5.41) is 11.6. The molecule has 3 rings (SSSR count). The first kappa shape index (κ1) is 22.9. The van der Waals surface area contributed by atoms with Gasteiger partial charge in [-0.3, -0.25) is 4.74 Å². The fourth-order valence-electron chi connectivity index (χ4n) is 2.82. The van der Waals surface area contributed by atoms with Crippen molar-refractivity contribution in [3.8, 4) is 0 Å². The van der Waals surface area contributed by atoms with Gasteiger partial charge in [-0.05, 0) is 25.4 Å². The van der Waals surface area contributed by atoms with E-state index in [0.717, 1.165) is 37.7 Å². The second-order valence-corrected chi connectivity index (χ2v) is 21.5. The van der Waals surface area contributed by atoms with E-state index in [9.17, 15) is 0 Å². The smallest absolute Gasteiger partial charge is 0.260 e. The summed E-state index contributed by atoms with van der Waals surface area (Å²) in [6.07, 6.45) is 6.78. The van der Waals surface area contributed by atoms with Gasteiger partial charge >= 0.3 is 14.8 Å². The first-order valence-electron chi connectivity index (χ1n) is 8.93. The third-order valence-corrected chi connectivity index (χ3v) is 23.4.